The van der Waals surface area contributed by atoms with Crippen molar-refractivity contribution in [2.75, 3.05) is 26.3 Å². The lowest BCUT2D eigenvalue weighted by molar-refractivity contribution is -0.00772. The van der Waals surface area contributed by atoms with Crippen molar-refractivity contribution < 1.29 is 14.3 Å². The molecule has 106 valence electrons. The fourth-order valence-electron chi connectivity index (χ4n) is 1.89. The van der Waals surface area contributed by atoms with Gasteiger partial charge in [-0.1, -0.05) is 30.3 Å². The van der Waals surface area contributed by atoms with E-state index in [-0.39, 0.29) is 31.1 Å². The zero-order valence-corrected chi connectivity index (χ0v) is 11.5. The van der Waals surface area contributed by atoms with Crippen molar-refractivity contribution in [1.82, 2.24) is 4.90 Å². The van der Waals surface area contributed by atoms with Gasteiger partial charge in [-0.2, -0.15) is 0 Å². The van der Waals surface area contributed by atoms with Crippen LogP contribution in [-0.4, -0.2) is 43.3 Å². The second-order valence-electron chi connectivity index (χ2n) is 4.20. The van der Waals surface area contributed by atoms with Gasteiger partial charge in [0.15, 0.2) is 0 Å². The predicted octanol–water partition coefficient (Wildman–Crippen LogP) is 1.40. The summed E-state index contributed by atoms with van der Waals surface area (Å²) in [5.41, 5.74) is 6.58. The lowest BCUT2D eigenvalue weighted by Crippen LogP contribution is -2.52. The van der Waals surface area contributed by atoms with Crippen LogP contribution in [0.2, 0.25) is 0 Å². The van der Waals surface area contributed by atoms with Gasteiger partial charge in [0.1, 0.15) is 6.61 Å². The Kier molecular flexibility index (Phi) is 6.62. The van der Waals surface area contributed by atoms with Gasteiger partial charge < -0.3 is 15.2 Å². The summed E-state index contributed by atoms with van der Waals surface area (Å²) in [7, 11) is 0. The maximum atomic E-state index is 11.9. The Labute approximate surface area is 119 Å². The number of nitrogens with zero attached hydrogens (tertiary/aromatic N) is 1. The minimum absolute atomic E-state index is 0. The summed E-state index contributed by atoms with van der Waals surface area (Å²) in [5, 5.41) is 0. The van der Waals surface area contributed by atoms with Crippen molar-refractivity contribution in [2.45, 2.75) is 12.6 Å². The van der Waals surface area contributed by atoms with E-state index in [9.17, 15) is 4.79 Å². The van der Waals surface area contributed by atoms with E-state index in [2.05, 4.69) is 0 Å². The first-order valence-corrected chi connectivity index (χ1v) is 6.06. The summed E-state index contributed by atoms with van der Waals surface area (Å²) in [6, 6.07) is 9.53. The van der Waals surface area contributed by atoms with Crippen molar-refractivity contribution in [3.63, 3.8) is 0 Å². The first-order valence-electron chi connectivity index (χ1n) is 6.06. The molecule has 0 bridgehead atoms. The molecule has 0 saturated carbocycles. The minimum atomic E-state index is -0.322. The van der Waals surface area contributed by atoms with Gasteiger partial charge in [0.2, 0.25) is 0 Å². The molecule has 1 aliphatic heterocycles. The standard InChI is InChI=1S/C13H18N2O3.ClH/c14-8-12-10-17-7-6-15(12)13(16)18-9-11-4-2-1-3-5-11;/h1-5,12H,6-10,14H2;1H. The Morgan fingerprint density at radius 2 is 2.16 bits per heavy atom. The fourth-order valence-corrected chi connectivity index (χ4v) is 1.89. The number of benzene rings is 1. The molecule has 0 aliphatic carbocycles. The molecule has 2 N–H and O–H groups in total. The van der Waals surface area contributed by atoms with E-state index >= 15 is 0 Å². The van der Waals surface area contributed by atoms with Crippen molar-refractivity contribution >= 4 is 18.5 Å². The monoisotopic (exact) mass is 286 g/mol. The molecular formula is C13H19ClN2O3. The molecule has 6 heteroatoms. The molecule has 1 heterocycles. The maximum Gasteiger partial charge on any atom is 0.410 e. The predicted molar refractivity (Wildman–Crippen MR) is 74.2 cm³/mol. The van der Waals surface area contributed by atoms with Crippen LogP contribution < -0.4 is 5.73 Å². The lowest BCUT2D eigenvalue weighted by Gasteiger charge is -2.33. The van der Waals surface area contributed by atoms with E-state index in [1.807, 2.05) is 30.3 Å². The summed E-state index contributed by atoms with van der Waals surface area (Å²) in [6.45, 7) is 2.23. The highest BCUT2D eigenvalue weighted by Crippen LogP contribution is 2.09. The third-order valence-corrected chi connectivity index (χ3v) is 2.94. The van der Waals surface area contributed by atoms with E-state index < -0.39 is 0 Å². The Morgan fingerprint density at radius 1 is 1.42 bits per heavy atom. The summed E-state index contributed by atoms with van der Waals surface area (Å²) < 4.78 is 10.6. The molecule has 1 aliphatic rings. The normalized spacial score (nSPS) is 18.6. The van der Waals surface area contributed by atoms with E-state index in [4.69, 9.17) is 15.2 Å². The van der Waals surface area contributed by atoms with Gasteiger partial charge >= 0.3 is 6.09 Å². The Balaban J connectivity index is 0.00000180. The Morgan fingerprint density at radius 3 is 2.84 bits per heavy atom. The van der Waals surface area contributed by atoms with Crippen LogP contribution in [0.5, 0.6) is 0 Å². The molecule has 1 aromatic carbocycles. The second kappa shape index (κ2) is 7.99. The van der Waals surface area contributed by atoms with Crippen LogP contribution in [0, 0.1) is 0 Å². The molecule has 5 nitrogen and oxygen atoms in total. The summed E-state index contributed by atoms with van der Waals surface area (Å²) >= 11 is 0. The smallest absolute Gasteiger partial charge is 0.410 e. The largest absolute Gasteiger partial charge is 0.445 e. The van der Waals surface area contributed by atoms with E-state index in [0.29, 0.717) is 26.3 Å². The van der Waals surface area contributed by atoms with Gasteiger partial charge in [0.25, 0.3) is 0 Å². The van der Waals surface area contributed by atoms with Crippen molar-refractivity contribution in [2.24, 2.45) is 5.73 Å². The number of carbonyl (C=O) groups is 1. The van der Waals surface area contributed by atoms with Crippen LogP contribution >= 0.6 is 12.4 Å². The molecule has 1 amide bonds. The number of carbonyl (C=O) groups excluding carboxylic acids is 1. The number of nitrogens with two attached hydrogens (primary N) is 1. The zero-order valence-electron chi connectivity index (χ0n) is 10.7. The molecule has 0 aromatic heterocycles. The molecule has 0 radical (unpaired) electrons. The molecule has 1 saturated heterocycles. The molecule has 1 atom stereocenters. The number of ether oxygens (including phenoxy) is 2. The van der Waals surface area contributed by atoms with Crippen LogP contribution in [0.25, 0.3) is 0 Å². The summed E-state index contributed by atoms with van der Waals surface area (Å²) in [5.74, 6) is 0. The van der Waals surface area contributed by atoms with Crippen molar-refractivity contribution in [3.05, 3.63) is 35.9 Å². The van der Waals surface area contributed by atoms with Crippen molar-refractivity contribution in [3.8, 4) is 0 Å². The fraction of sp³-hybridized carbons (Fsp3) is 0.462. The van der Waals surface area contributed by atoms with Gasteiger partial charge in [0.05, 0.1) is 19.3 Å². The highest BCUT2D eigenvalue weighted by molar-refractivity contribution is 5.85. The third-order valence-electron chi connectivity index (χ3n) is 2.94. The van der Waals surface area contributed by atoms with Crippen LogP contribution in [0.15, 0.2) is 30.3 Å². The SMILES string of the molecule is Cl.NCC1COCCN1C(=O)OCc1ccccc1. The van der Waals surface area contributed by atoms with Crippen LogP contribution in [0.1, 0.15) is 5.56 Å². The zero-order chi connectivity index (χ0) is 12.8. The van der Waals surface area contributed by atoms with Gasteiger partial charge in [-0.15, -0.1) is 12.4 Å². The molecule has 1 fully saturated rings. The van der Waals surface area contributed by atoms with Crippen LogP contribution in [0.3, 0.4) is 0 Å². The molecule has 19 heavy (non-hydrogen) atoms. The van der Waals surface area contributed by atoms with Crippen LogP contribution in [-0.2, 0) is 16.1 Å². The number of halogens is 1. The van der Waals surface area contributed by atoms with E-state index in [0.717, 1.165) is 5.56 Å². The van der Waals surface area contributed by atoms with Gasteiger partial charge in [0, 0.05) is 13.1 Å². The van der Waals surface area contributed by atoms with Gasteiger partial charge in [-0.25, -0.2) is 4.79 Å². The topological polar surface area (TPSA) is 64.8 Å². The van der Waals surface area contributed by atoms with E-state index in [1.54, 1.807) is 4.90 Å². The first kappa shape index (κ1) is 15.8. The number of amides is 1. The summed E-state index contributed by atoms with van der Waals surface area (Å²) in [4.78, 5) is 13.6. The van der Waals surface area contributed by atoms with Crippen LogP contribution in [0.4, 0.5) is 4.79 Å². The quantitative estimate of drug-likeness (QED) is 0.912. The molecule has 1 unspecified atom stereocenters. The minimum Gasteiger partial charge on any atom is -0.445 e. The number of hydrogen-bond acceptors (Lipinski definition) is 4. The number of hydrogen-bond donors (Lipinski definition) is 1. The number of rotatable bonds is 3. The van der Waals surface area contributed by atoms with Gasteiger partial charge in [-0.05, 0) is 5.56 Å². The molecular weight excluding hydrogens is 268 g/mol. The summed E-state index contributed by atoms with van der Waals surface area (Å²) in [6.07, 6.45) is -0.322. The van der Waals surface area contributed by atoms with Crippen molar-refractivity contribution in [1.29, 1.82) is 0 Å². The Hall–Kier alpha value is -1.30. The second-order valence-corrected chi connectivity index (χ2v) is 4.20. The van der Waals surface area contributed by atoms with E-state index in [1.165, 1.54) is 0 Å². The molecule has 1 aromatic rings. The maximum absolute atomic E-state index is 11.9. The lowest BCUT2D eigenvalue weighted by atomic mass is 10.2. The average molecular weight is 287 g/mol. The highest BCUT2D eigenvalue weighted by Gasteiger charge is 2.27. The number of morpholine rings is 1. The average Bonchev–Trinajstić information content (AvgIpc) is 2.45. The highest BCUT2D eigenvalue weighted by atomic mass is 35.5. The third kappa shape index (κ3) is 4.38. The molecule has 2 rings (SSSR count). The van der Waals surface area contributed by atoms with Gasteiger partial charge in [-0.3, -0.25) is 4.90 Å². The molecule has 0 spiro atoms. The first-order chi connectivity index (χ1) is 8.81. The Bertz CT molecular complexity index is 389.